The van der Waals surface area contributed by atoms with Gasteiger partial charge >= 0.3 is 5.97 Å². The van der Waals surface area contributed by atoms with Gasteiger partial charge in [0.05, 0.1) is 41.5 Å². The van der Waals surface area contributed by atoms with Crippen molar-refractivity contribution in [3.05, 3.63) is 74.7 Å². The number of pyridine rings is 2. The quantitative estimate of drug-likeness (QED) is 0.384. The average molecular weight is 475 g/mol. The zero-order valence-corrected chi connectivity index (χ0v) is 19.1. The fourth-order valence-corrected chi connectivity index (χ4v) is 5.40. The molecule has 0 amide bonds. The molecular weight excluding hydrogens is 453 g/mol. The van der Waals surface area contributed by atoms with Gasteiger partial charge in [-0.15, -0.1) is 0 Å². The molecule has 2 aliphatic rings. The number of halogens is 1. The first kappa shape index (κ1) is 21.7. The lowest BCUT2D eigenvalue weighted by molar-refractivity contribution is -0.172. The van der Waals surface area contributed by atoms with Crippen LogP contribution >= 0.6 is 0 Å². The number of furan rings is 1. The van der Waals surface area contributed by atoms with Gasteiger partial charge in [0, 0.05) is 40.3 Å². The molecule has 178 valence electrons. The Kier molecular flexibility index (Phi) is 4.55. The Hall–Kier alpha value is -3.82. The van der Waals surface area contributed by atoms with Crippen molar-refractivity contribution in [2.75, 3.05) is 0 Å². The van der Waals surface area contributed by atoms with Gasteiger partial charge in [-0.05, 0) is 36.6 Å². The third-order valence-corrected chi connectivity index (χ3v) is 7.30. The van der Waals surface area contributed by atoms with Gasteiger partial charge in [-0.3, -0.25) is 4.79 Å². The van der Waals surface area contributed by atoms with Crippen LogP contribution in [0.1, 0.15) is 41.2 Å². The number of aromatic nitrogens is 2. The first-order chi connectivity index (χ1) is 16.8. The van der Waals surface area contributed by atoms with E-state index in [9.17, 15) is 14.7 Å². The van der Waals surface area contributed by atoms with E-state index in [0.717, 1.165) is 11.1 Å². The smallest absolute Gasteiger partial charge is 0.343 e. The summed E-state index contributed by atoms with van der Waals surface area (Å²) in [6.07, 6.45) is 3.11. The second-order valence-electron chi connectivity index (χ2n) is 8.99. The predicted molar refractivity (Wildman–Crippen MR) is 125 cm³/mol. The Bertz CT molecular complexity index is 1620. The summed E-state index contributed by atoms with van der Waals surface area (Å²) in [6, 6.07) is 4.75. The largest absolute Gasteiger partial charge is 0.472 e. The number of rotatable bonds is 3. The lowest BCUT2D eigenvalue weighted by atomic mass is 9.86. The SMILES string of the molecule is CC[C@@]1(O)C(=O)OCc2c1cc1n(c2=O)Cc2c-1nc1cc(F)c(C)c(-c3ccoc3)c1c2CN. The maximum Gasteiger partial charge on any atom is 0.343 e. The monoisotopic (exact) mass is 475 g/mol. The van der Waals surface area contributed by atoms with Crippen LogP contribution in [0.15, 0.2) is 39.9 Å². The molecule has 1 atom stereocenters. The van der Waals surface area contributed by atoms with Crippen LogP contribution < -0.4 is 11.3 Å². The van der Waals surface area contributed by atoms with Crippen LogP contribution in [0.2, 0.25) is 0 Å². The average Bonchev–Trinajstić information content (AvgIpc) is 3.50. The number of carbonyl (C=O) groups excluding carboxylic acids is 1. The molecule has 5 heterocycles. The molecule has 0 bridgehead atoms. The number of hydrogen-bond acceptors (Lipinski definition) is 7. The lowest BCUT2D eigenvalue weighted by Crippen LogP contribution is -2.44. The Morgan fingerprint density at radius 2 is 2.09 bits per heavy atom. The van der Waals surface area contributed by atoms with Crippen molar-refractivity contribution in [1.29, 1.82) is 0 Å². The molecule has 35 heavy (non-hydrogen) atoms. The Morgan fingerprint density at radius 1 is 1.29 bits per heavy atom. The van der Waals surface area contributed by atoms with Crippen molar-refractivity contribution in [2.45, 2.75) is 45.6 Å². The highest BCUT2D eigenvalue weighted by Crippen LogP contribution is 2.43. The van der Waals surface area contributed by atoms with Crippen molar-refractivity contribution in [2.24, 2.45) is 5.73 Å². The van der Waals surface area contributed by atoms with Crippen LogP contribution in [0.3, 0.4) is 0 Å². The normalized spacial score (nSPS) is 18.4. The zero-order chi connectivity index (χ0) is 24.6. The molecule has 8 nitrogen and oxygen atoms in total. The van der Waals surface area contributed by atoms with Crippen LogP contribution in [-0.4, -0.2) is 20.6 Å². The van der Waals surface area contributed by atoms with Crippen molar-refractivity contribution in [3.8, 4) is 22.5 Å². The van der Waals surface area contributed by atoms with E-state index in [2.05, 4.69) is 0 Å². The molecule has 0 saturated heterocycles. The van der Waals surface area contributed by atoms with Gasteiger partial charge in [0.15, 0.2) is 5.60 Å². The van der Waals surface area contributed by atoms with Crippen LogP contribution in [0.5, 0.6) is 0 Å². The van der Waals surface area contributed by atoms with Gasteiger partial charge in [-0.25, -0.2) is 14.2 Å². The molecule has 0 spiro atoms. The fourth-order valence-electron chi connectivity index (χ4n) is 5.40. The molecule has 0 radical (unpaired) electrons. The number of nitrogens with zero attached hydrogens (tertiary/aromatic N) is 2. The summed E-state index contributed by atoms with van der Waals surface area (Å²) in [5.74, 6) is -1.21. The van der Waals surface area contributed by atoms with Crippen molar-refractivity contribution in [3.63, 3.8) is 0 Å². The maximum absolute atomic E-state index is 15.0. The first-order valence-corrected chi connectivity index (χ1v) is 11.3. The minimum absolute atomic E-state index is 0.0479. The summed E-state index contributed by atoms with van der Waals surface area (Å²) >= 11 is 0. The van der Waals surface area contributed by atoms with Crippen molar-refractivity contribution < 1.29 is 23.4 Å². The standard InChI is InChI=1S/C26H22FN3O5/c1-3-26(33)17-6-20-23-15(9-30(20)24(31)16(17)11-35-25(26)32)14(8-28)22-19(29-23)7-18(27)12(2)21(22)13-4-5-34-10-13/h4-7,10,33H,3,8-9,11,28H2,1-2H3/t26-/m0/s1. The summed E-state index contributed by atoms with van der Waals surface area (Å²) in [6.45, 7) is 3.49. The van der Waals surface area contributed by atoms with Gasteiger partial charge in [-0.1, -0.05) is 6.92 Å². The van der Waals surface area contributed by atoms with E-state index < -0.39 is 17.4 Å². The molecule has 0 fully saturated rings. The van der Waals surface area contributed by atoms with E-state index in [1.807, 2.05) is 0 Å². The topological polar surface area (TPSA) is 121 Å². The molecule has 0 saturated carbocycles. The van der Waals surface area contributed by atoms with Gasteiger partial charge < -0.3 is 24.6 Å². The second-order valence-corrected chi connectivity index (χ2v) is 8.99. The van der Waals surface area contributed by atoms with E-state index in [0.29, 0.717) is 39.0 Å². The summed E-state index contributed by atoms with van der Waals surface area (Å²) in [5.41, 5.74) is 9.06. The van der Waals surface area contributed by atoms with Gasteiger partial charge in [0.1, 0.15) is 12.4 Å². The Morgan fingerprint density at radius 3 is 2.77 bits per heavy atom. The molecule has 6 rings (SSSR count). The highest BCUT2D eigenvalue weighted by atomic mass is 19.1. The highest BCUT2D eigenvalue weighted by Gasteiger charge is 2.45. The molecule has 3 N–H and O–H groups in total. The molecular formula is C26H22FN3O5. The summed E-state index contributed by atoms with van der Waals surface area (Å²) in [7, 11) is 0. The fraction of sp³-hybridized carbons (Fsp3) is 0.269. The molecule has 0 unspecified atom stereocenters. The van der Waals surface area contributed by atoms with Crippen LogP contribution in [0.25, 0.3) is 33.4 Å². The van der Waals surface area contributed by atoms with Gasteiger partial charge in [0.2, 0.25) is 0 Å². The number of carbonyl (C=O) groups is 1. The van der Waals surface area contributed by atoms with E-state index in [-0.39, 0.29) is 42.8 Å². The predicted octanol–water partition coefficient (Wildman–Crippen LogP) is 3.25. The minimum Gasteiger partial charge on any atom is -0.472 e. The van der Waals surface area contributed by atoms with E-state index in [4.69, 9.17) is 19.9 Å². The number of ether oxygens (including phenoxy) is 1. The van der Waals surface area contributed by atoms with E-state index >= 15 is 4.39 Å². The summed E-state index contributed by atoms with van der Waals surface area (Å²) < 4.78 is 27.0. The number of cyclic esters (lactones) is 1. The number of fused-ring (bicyclic) bond motifs is 5. The van der Waals surface area contributed by atoms with E-state index in [1.54, 1.807) is 36.8 Å². The van der Waals surface area contributed by atoms with Crippen molar-refractivity contribution in [1.82, 2.24) is 9.55 Å². The third kappa shape index (κ3) is 2.76. The van der Waals surface area contributed by atoms with Crippen LogP contribution in [0.4, 0.5) is 4.39 Å². The lowest BCUT2D eigenvalue weighted by Gasteiger charge is -2.31. The maximum atomic E-state index is 15.0. The molecule has 9 heteroatoms. The number of aliphatic hydroxyl groups is 1. The van der Waals surface area contributed by atoms with E-state index in [1.165, 1.54) is 12.3 Å². The number of esters is 1. The van der Waals surface area contributed by atoms with Crippen molar-refractivity contribution >= 4 is 16.9 Å². The zero-order valence-electron chi connectivity index (χ0n) is 19.1. The first-order valence-electron chi connectivity index (χ1n) is 11.3. The van der Waals surface area contributed by atoms with Crippen LogP contribution in [0, 0.1) is 12.7 Å². The number of nitrogens with two attached hydrogens (primary N) is 1. The molecule has 3 aromatic heterocycles. The second kappa shape index (κ2) is 7.34. The third-order valence-electron chi connectivity index (χ3n) is 7.30. The van der Waals surface area contributed by atoms with Gasteiger partial charge in [0.25, 0.3) is 5.56 Å². The highest BCUT2D eigenvalue weighted by molar-refractivity contribution is 6.01. The number of benzene rings is 1. The van der Waals surface area contributed by atoms with Crippen LogP contribution in [-0.2, 0) is 34.8 Å². The molecule has 1 aromatic carbocycles. The molecule has 2 aliphatic heterocycles. The number of hydrogen-bond donors (Lipinski definition) is 2. The minimum atomic E-state index is -1.92. The Labute approximate surface area is 198 Å². The van der Waals surface area contributed by atoms with Gasteiger partial charge in [-0.2, -0.15) is 0 Å². The summed E-state index contributed by atoms with van der Waals surface area (Å²) in [4.78, 5) is 30.6. The Balaban J connectivity index is 1.69. The summed E-state index contributed by atoms with van der Waals surface area (Å²) in [5, 5.41) is 11.8. The molecule has 0 aliphatic carbocycles. The molecule has 4 aromatic rings.